The molecule has 24 heavy (non-hydrogen) atoms. The van der Waals surface area contributed by atoms with Crippen molar-refractivity contribution in [3.05, 3.63) is 53.3 Å². The van der Waals surface area contributed by atoms with Gasteiger partial charge in [0.1, 0.15) is 17.3 Å². The molecular formula is C18H19FN2O3. The Bertz CT molecular complexity index is 749. The molecule has 1 amide bonds. The van der Waals surface area contributed by atoms with E-state index in [0.29, 0.717) is 30.0 Å². The zero-order chi connectivity index (χ0) is 16.9. The van der Waals surface area contributed by atoms with Gasteiger partial charge in [0.05, 0.1) is 12.8 Å². The highest BCUT2D eigenvalue weighted by Crippen LogP contribution is 2.24. The van der Waals surface area contributed by atoms with E-state index in [2.05, 4.69) is 10.6 Å². The lowest BCUT2D eigenvalue weighted by Gasteiger charge is -2.19. The first-order valence-electron chi connectivity index (χ1n) is 7.75. The maximum atomic E-state index is 14.5. The molecule has 126 valence electrons. The average molecular weight is 330 g/mol. The van der Waals surface area contributed by atoms with E-state index in [0.717, 1.165) is 12.1 Å². The van der Waals surface area contributed by atoms with Crippen LogP contribution in [-0.2, 0) is 17.8 Å². The first-order valence-corrected chi connectivity index (χ1v) is 7.75. The molecule has 1 aliphatic heterocycles. The normalized spacial score (nSPS) is 13.1. The summed E-state index contributed by atoms with van der Waals surface area (Å²) >= 11 is 0. The van der Waals surface area contributed by atoms with Gasteiger partial charge in [-0.2, -0.15) is 0 Å². The summed E-state index contributed by atoms with van der Waals surface area (Å²) in [5.41, 5.74) is 1.79. The van der Waals surface area contributed by atoms with Gasteiger partial charge in [-0.1, -0.05) is 12.1 Å². The Morgan fingerprint density at radius 1 is 1.29 bits per heavy atom. The summed E-state index contributed by atoms with van der Waals surface area (Å²) in [4.78, 5) is 12.0. The molecule has 0 saturated carbocycles. The van der Waals surface area contributed by atoms with Crippen molar-refractivity contribution in [1.82, 2.24) is 5.32 Å². The van der Waals surface area contributed by atoms with E-state index in [1.54, 1.807) is 37.4 Å². The molecule has 2 aromatic carbocycles. The van der Waals surface area contributed by atoms with Crippen LogP contribution in [0.3, 0.4) is 0 Å². The molecule has 1 aliphatic rings. The van der Waals surface area contributed by atoms with Crippen LogP contribution in [0.1, 0.15) is 11.1 Å². The fraction of sp³-hybridized carbons (Fsp3) is 0.278. The Kier molecular flexibility index (Phi) is 4.96. The zero-order valence-electron chi connectivity index (χ0n) is 13.4. The summed E-state index contributed by atoms with van der Waals surface area (Å²) in [5.74, 6) is 0.387. The Balaban J connectivity index is 1.62. The number of rotatable bonds is 5. The SMILES string of the molecule is COc1cccc(OCC(=O)Nc2ccc3c(c2F)CCNC3)c1. The number of benzene rings is 2. The summed E-state index contributed by atoms with van der Waals surface area (Å²) in [7, 11) is 1.56. The highest BCUT2D eigenvalue weighted by molar-refractivity contribution is 5.92. The highest BCUT2D eigenvalue weighted by atomic mass is 19.1. The first-order chi connectivity index (χ1) is 11.7. The second-order valence-corrected chi connectivity index (χ2v) is 5.51. The van der Waals surface area contributed by atoms with Crippen LogP contribution < -0.4 is 20.1 Å². The Morgan fingerprint density at radius 3 is 2.96 bits per heavy atom. The summed E-state index contributed by atoms with van der Waals surface area (Å²) in [5, 5.41) is 5.76. The number of fused-ring (bicyclic) bond motifs is 1. The van der Waals surface area contributed by atoms with E-state index in [1.165, 1.54) is 0 Å². The van der Waals surface area contributed by atoms with Crippen molar-refractivity contribution in [1.29, 1.82) is 0 Å². The number of amides is 1. The molecule has 0 fully saturated rings. The number of carbonyl (C=O) groups excluding carboxylic acids is 1. The molecule has 5 nitrogen and oxygen atoms in total. The summed E-state index contributed by atoms with van der Waals surface area (Å²) < 4.78 is 25.0. The Labute approximate surface area is 139 Å². The van der Waals surface area contributed by atoms with Crippen LogP contribution in [0.5, 0.6) is 11.5 Å². The molecule has 0 aromatic heterocycles. The highest BCUT2D eigenvalue weighted by Gasteiger charge is 2.17. The van der Waals surface area contributed by atoms with Crippen molar-refractivity contribution in [3.8, 4) is 11.5 Å². The predicted molar refractivity (Wildman–Crippen MR) is 88.9 cm³/mol. The minimum Gasteiger partial charge on any atom is -0.497 e. The van der Waals surface area contributed by atoms with Crippen LogP contribution in [0.15, 0.2) is 36.4 Å². The largest absolute Gasteiger partial charge is 0.497 e. The molecule has 0 bridgehead atoms. The molecule has 0 aliphatic carbocycles. The average Bonchev–Trinajstić information content (AvgIpc) is 2.63. The van der Waals surface area contributed by atoms with Gasteiger partial charge in [0, 0.05) is 12.6 Å². The van der Waals surface area contributed by atoms with E-state index in [9.17, 15) is 9.18 Å². The van der Waals surface area contributed by atoms with E-state index < -0.39 is 5.91 Å². The van der Waals surface area contributed by atoms with Gasteiger partial charge in [-0.05, 0) is 42.3 Å². The molecule has 0 unspecified atom stereocenters. The van der Waals surface area contributed by atoms with Crippen molar-refractivity contribution in [2.75, 3.05) is 25.6 Å². The van der Waals surface area contributed by atoms with E-state index in [1.807, 2.05) is 6.07 Å². The van der Waals surface area contributed by atoms with Crippen LogP contribution in [0.25, 0.3) is 0 Å². The Hall–Kier alpha value is -2.60. The van der Waals surface area contributed by atoms with Crippen LogP contribution in [0, 0.1) is 5.82 Å². The summed E-state index contributed by atoms with van der Waals surface area (Å²) in [6.45, 7) is 1.19. The number of ether oxygens (including phenoxy) is 2. The number of hydrogen-bond donors (Lipinski definition) is 2. The maximum absolute atomic E-state index is 14.5. The fourth-order valence-electron chi connectivity index (χ4n) is 2.66. The van der Waals surface area contributed by atoms with Crippen molar-refractivity contribution in [2.24, 2.45) is 0 Å². The molecule has 0 spiro atoms. The molecule has 2 N–H and O–H groups in total. The number of hydrogen-bond acceptors (Lipinski definition) is 4. The molecule has 3 rings (SSSR count). The minimum atomic E-state index is -0.411. The second kappa shape index (κ2) is 7.31. The van der Waals surface area contributed by atoms with Gasteiger partial charge in [0.15, 0.2) is 6.61 Å². The molecule has 1 heterocycles. The van der Waals surface area contributed by atoms with Crippen molar-refractivity contribution >= 4 is 11.6 Å². The lowest BCUT2D eigenvalue weighted by molar-refractivity contribution is -0.118. The van der Waals surface area contributed by atoms with Crippen LogP contribution in [0.2, 0.25) is 0 Å². The van der Waals surface area contributed by atoms with Gasteiger partial charge < -0.3 is 20.1 Å². The number of nitrogens with one attached hydrogen (secondary N) is 2. The van der Waals surface area contributed by atoms with E-state index in [-0.39, 0.29) is 18.1 Å². The van der Waals surface area contributed by atoms with E-state index in [4.69, 9.17) is 9.47 Å². The van der Waals surface area contributed by atoms with E-state index >= 15 is 0 Å². The van der Waals surface area contributed by atoms with Crippen LogP contribution >= 0.6 is 0 Å². The van der Waals surface area contributed by atoms with Crippen LogP contribution in [0.4, 0.5) is 10.1 Å². The van der Waals surface area contributed by atoms with Crippen molar-refractivity contribution in [3.63, 3.8) is 0 Å². The predicted octanol–water partition coefficient (Wildman–Crippen LogP) is 2.50. The molecule has 0 saturated heterocycles. The van der Waals surface area contributed by atoms with Gasteiger partial charge in [0.25, 0.3) is 5.91 Å². The maximum Gasteiger partial charge on any atom is 0.262 e. The van der Waals surface area contributed by atoms with Gasteiger partial charge in [-0.3, -0.25) is 4.79 Å². The van der Waals surface area contributed by atoms with Crippen molar-refractivity contribution in [2.45, 2.75) is 13.0 Å². The molecule has 0 atom stereocenters. The number of methoxy groups -OCH3 is 1. The first kappa shape index (κ1) is 16.3. The zero-order valence-corrected chi connectivity index (χ0v) is 13.4. The van der Waals surface area contributed by atoms with Crippen molar-refractivity contribution < 1.29 is 18.7 Å². The quantitative estimate of drug-likeness (QED) is 0.884. The minimum absolute atomic E-state index is 0.190. The lowest BCUT2D eigenvalue weighted by Crippen LogP contribution is -2.26. The number of anilines is 1. The van der Waals surface area contributed by atoms with Gasteiger partial charge in [-0.15, -0.1) is 0 Å². The number of halogens is 1. The summed E-state index contributed by atoms with van der Waals surface area (Å²) in [6, 6.07) is 10.4. The standard InChI is InChI=1S/C18H19FN2O3/c1-23-13-3-2-4-14(9-13)24-11-17(22)21-16-6-5-12-10-20-8-7-15(12)18(16)19/h2-6,9,20H,7-8,10-11H2,1H3,(H,21,22). The topological polar surface area (TPSA) is 59.6 Å². The number of carbonyl (C=O) groups is 1. The fourth-order valence-corrected chi connectivity index (χ4v) is 2.66. The molecule has 2 aromatic rings. The smallest absolute Gasteiger partial charge is 0.262 e. The molecular weight excluding hydrogens is 311 g/mol. The molecule has 6 heteroatoms. The van der Waals surface area contributed by atoms with Gasteiger partial charge in [-0.25, -0.2) is 4.39 Å². The van der Waals surface area contributed by atoms with Gasteiger partial charge >= 0.3 is 0 Å². The lowest BCUT2D eigenvalue weighted by atomic mass is 9.99. The molecule has 0 radical (unpaired) electrons. The third-order valence-electron chi connectivity index (χ3n) is 3.89. The third-order valence-corrected chi connectivity index (χ3v) is 3.89. The van der Waals surface area contributed by atoms with Crippen LogP contribution in [-0.4, -0.2) is 26.2 Å². The second-order valence-electron chi connectivity index (χ2n) is 5.51. The Morgan fingerprint density at radius 2 is 2.12 bits per heavy atom. The monoisotopic (exact) mass is 330 g/mol. The third kappa shape index (κ3) is 3.65. The van der Waals surface area contributed by atoms with Gasteiger partial charge in [0.2, 0.25) is 0 Å². The summed E-state index contributed by atoms with van der Waals surface area (Å²) in [6.07, 6.45) is 0.616.